The molecule has 178 valence electrons. The van der Waals surface area contributed by atoms with E-state index >= 15 is 0 Å². The molecule has 0 spiro atoms. The Kier molecular flexibility index (Phi) is 8.77. The van der Waals surface area contributed by atoms with E-state index in [0.717, 1.165) is 77.5 Å². The molecular formula is C24H37FIN5O. The Morgan fingerprint density at radius 1 is 1.03 bits per heavy atom. The highest BCUT2D eigenvalue weighted by Gasteiger charge is 2.39. The van der Waals surface area contributed by atoms with Gasteiger partial charge in [0.25, 0.3) is 0 Å². The number of nitrogens with zero attached hydrogens (tertiary/aromatic N) is 4. The van der Waals surface area contributed by atoms with Crippen molar-refractivity contribution in [3.8, 4) is 0 Å². The second-order valence-corrected chi connectivity index (χ2v) is 9.27. The van der Waals surface area contributed by atoms with Crippen molar-refractivity contribution in [2.75, 3.05) is 52.9 Å². The molecule has 32 heavy (non-hydrogen) atoms. The van der Waals surface area contributed by atoms with Gasteiger partial charge in [-0.2, -0.15) is 0 Å². The number of hydrogen-bond donors (Lipinski definition) is 1. The first-order valence-electron chi connectivity index (χ1n) is 11.8. The largest absolute Gasteiger partial charge is 0.355 e. The first-order chi connectivity index (χ1) is 15.0. The fraction of sp³-hybridized carbons (Fsp3) is 0.667. The molecule has 0 bridgehead atoms. The fourth-order valence-electron chi connectivity index (χ4n) is 5.23. The molecule has 0 radical (unpaired) electrons. The van der Waals surface area contributed by atoms with Gasteiger partial charge in [0.1, 0.15) is 5.82 Å². The van der Waals surface area contributed by atoms with Crippen molar-refractivity contribution in [1.29, 1.82) is 0 Å². The fourth-order valence-corrected chi connectivity index (χ4v) is 5.23. The third kappa shape index (κ3) is 5.38. The molecule has 1 saturated carbocycles. The second-order valence-electron chi connectivity index (χ2n) is 9.27. The van der Waals surface area contributed by atoms with Crippen LogP contribution in [0.4, 0.5) is 4.39 Å². The summed E-state index contributed by atoms with van der Waals surface area (Å²) in [5, 5.41) is 3.60. The highest BCUT2D eigenvalue weighted by atomic mass is 127. The number of piperazine rings is 1. The van der Waals surface area contributed by atoms with Crippen LogP contribution in [0.5, 0.6) is 0 Å². The number of guanidine groups is 1. The van der Waals surface area contributed by atoms with Gasteiger partial charge in [-0.15, -0.1) is 24.0 Å². The van der Waals surface area contributed by atoms with Gasteiger partial charge in [-0.3, -0.25) is 14.7 Å². The Labute approximate surface area is 208 Å². The van der Waals surface area contributed by atoms with Gasteiger partial charge >= 0.3 is 0 Å². The van der Waals surface area contributed by atoms with E-state index in [9.17, 15) is 9.18 Å². The molecule has 8 heteroatoms. The molecular weight excluding hydrogens is 520 g/mol. The summed E-state index contributed by atoms with van der Waals surface area (Å²) in [5.74, 6) is 1.02. The van der Waals surface area contributed by atoms with Crippen LogP contribution in [0.3, 0.4) is 0 Å². The van der Waals surface area contributed by atoms with Crippen LogP contribution in [0.15, 0.2) is 29.3 Å². The summed E-state index contributed by atoms with van der Waals surface area (Å²) in [7, 11) is 1.83. The molecule has 1 aromatic rings. The van der Waals surface area contributed by atoms with Crippen molar-refractivity contribution in [2.24, 2.45) is 4.99 Å². The molecule has 6 nitrogen and oxygen atoms in total. The van der Waals surface area contributed by atoms with Crippen LogP contribution in [-0.2, 0) is 10.2 Å². The predicted molar refractivity (Wildman–Crippen MR) is 137 cm³/mol. The van der Waals surface area contributed by atoms with Gasteiger partial charge in [-0.25, -0.2) is 4.39 Å². The van der Waals surface area contributed by atoms with Crippen LogP contribution in [0, 0.1) is 5.82 Å². The lowest BCUT2D eigenvalue weighted by Crippen LogP contribution is -2.58. The summed E-state index contributed by atoms with van der Waals surface area (Å²) < 4.78 is 13.4. The first-order valence-corrected chi connectivity index (χ1v) is 11.8. The Balaban J connectivity index is 0.00000289. The van der Waals surface area contributed by atoms with E-state index in [1.165, 1.54) is 12.0 Å². The monoisotopic (exact) mass is 557 g/mol. The van der Waals surface area contributed by atoms with Gasteiger partial charge in [0.2, 0.25) is 5.91 Å². The molecule has 2 heterocycles. The maximum absolute atomic E-state index is 13.4. The molecule has 3 fully saturated rings. The average Bonchev–Trinajstić information content (AvgIpc) is 3.31. The summed E-state index contributed by atoms with van der Waals surface area (Å²) in [6.45, 7) is 8.14. The zero-order chi connectivity index (χ0) is 21.8. The van der Waals surface area contributed by atoms with Crippen molar-refractivity contribution in [2.45, 2.75) is 50.5 Å². The number of carbonyl (C=O) groups excluding carboxylic acids is 1. The smallest absolute Gasteiger partial charge is 0.239 e. The van der Waals surface area contributed by atoms with Crippen LogP contribution in [0.25, 0.3) is 0 Å². The van der Waals surface area contributed by atoms with Gasteiger partial charge in [0.05, 0.1) is 6.04 Å². The number of aliphatic imine (C=N–C) groups is 1. The number of halogens is 2. The number of nitrogens with one attached hydrogen (secondary N) is 1. The Morgan fingerprint density at radius 2 is 1.66 bits per heavy atom. The number of rotatable bonds is 5. The van der Waals surface area contributed by atoms with E-state index < -0.39 is 0 Å². The molecule has 1 unspecified atom stereocenters. The van der Waals surface area contributed by atoms with Crippen molar-refractivity contribution < 1.29 is 9.18 Å². The van der Waals surface area contributed by atoms with Gasteiger partial charge in [-0.05, 0) is 50.3 Å². The lowest BCUT2D eigenvalue weighted by molar-refractivity contribution is -0.135. The molecule has 1 aliphatic carbocycles. The number of benzene rings is 1. The summed E-state index contributed by atoms with van der Waals surface area (Å²) in [6.07, 6.45) is 5.71. The molecule has 0 aromatic heterocycles. The van der Waals surface area contributed by atoms with Crippen LogP contribution in [0.2, 0.25) is 0 Å². The zero-order valence-electron chi connectivity index (χ0n) is 19.4. The zero-order valence-corrected chi connectivity index (χ0v) is 21.7. The average molecular weight is 557 g/mol. The summed E-state index contributed by atoms with van der Waals surface area (Å²) in [5.41, 5.74) is 1.28. The van der Waals surface area contributed by atoms with E-state index in [1.807, 2.05) is 31.0 Å². The SMILES string of the molecule is CN=C(NCC1(c2ccc(F)cc2)CCC1)N1CCN(C(C)C(=O)N2CCCC2)CC1.I. The molecule has 1 aromatic carbocycles. The van der Waals surface area contributed by atoms with Crippen LogP contribution < -0.4 is 5.32 Å². The van der Waals surface area contributed by atoms with Crippen LogP contribution in [-0.4, -0.2) is 85.5 Å². The maximum Gasteiger partial charge on any atom is 0.239 e. The lowest BCUT2D eigenvalue weighted by atomic mass is 9.64. The summed E-state index contributed by atoms with van der Waals surface area (Å²) in [4.78, 5) is 23.9. The Morgan fingerprint density at radius 3 is 2.19 bits per heavy atom. The molecule has 1 N–H and O–H groups in total. The van der Waals surface area contributed by atoms with E-state index in [1.54, 1.807) is 12.1 Å². The lowest BCUT2D eigenvalue weighted by Gasteiger charge is -2.44. The normalized spacial score (nSPS) is 22.2. The van der Waals surface area contributed by atoms with Crippen LogP contribution in [0.1, 0.15) is 44.6 Å². The molecule has 3 aliphatic rings. The highest BCUT2D eigenvalue weighted by Crippen LogP contribution is 2.43. The number of hydrogen-bond acceptors (Lipinski definition) is 3. The van der Waals surface area contributed by atoms with Crippen LogP contribution >= 0.6 is 24.0 Å². The minimum atomic E-state index is -0.183. The molecule has 4 rings (SSSR count). The number of likely N-dealkylation sites (tertiary alicyclic amines) is 1. The Hall–Kier alpha value is -1.42. The van der Waals surface area contributed by atoms with Crippen molar-refractivity contribution in [3.05, 3.63) is 35.6 Å². The third-order valence-corrected chi connectivity index (χ3v) is 7.50. The molecule has 2 saturated heterocycles. The minimum absolute atomic E-state index is 0. The first kappa shape index (κ1) is 25.2. The van der Waals surface area contributed by atoms with E-state index in [2.05, 4.69) is 20.1 Å². The van der Waals surface area contributed by atoms with E-state index in [0.29, 0.717) is 0 Å². The standard InChI is InChI=1S/C24H36FN5O.HI/c1-19(22(31)29-12-3-4-13-29)28-14-16-30(17-15-28)23(26-2)27-18-24(10-5-11-24)20-6-8-21(25)9-7-20;/h6-9,19H,3-5,10-18H2,1-2H3,(H,26,27);1H. The Bertz CT molecular complexity index is 784. The summed E-state index contributed by atoms with van der Waals surface area (Å²) in [6, 6.07) is 6.93. The summed E-state index contributed by atoms with van der Waals surface area (Å²) >= 11 is 0. The third-order valence-electron chi connectivity index (χ3n) is 7.50. The minimum Gasteiger partial charge on any atom is -0.355 e. The number of amides is 1. The van der Waals surface area contributed by atoms with Gasteiger partial charge in [0, 0.05) is 58.3 Å². The molecule has 1 atom stereocenters. The number of carbonyl (C=O) groups is 1. The highest BCUT2D eigenvalue weighted by molar-refractivity contribution is 14.0. The van der Waals surface area contributed by atoms with E-state index in [4.69, 9.17) is 0 Å². The van der Waals surface area contributed by atoms with E-state index in [-0.39, 0.29) is 47.2 Å². The predicted octanol–water partition coefficient (Wildman–Crippen LogP) is 3.07. The quantitative estimate of drug-likeness (QED) is 0.344. The molecule has 2 aliphatic heterocycles. The van der Waals surface area contributed by atoms with Gasteiger partial charge in [-0.1, -0.05) is 18.6 Å². The van der Waals surface area contributed by atoms with Crippen molar-refractivity contribution >= 4 is 35.8 Å². The topological polar surface area (TPSA) is 51.2 Å². The maximum atomic E-state index is 13.4. The van der Waals surface area contributed by atoms with Gasteiger partial charge in [0.15, 0.2) is 5.96 Å². The van der Waals surface area contributed by atoms with Crippen molar-refractivity contribution in [3.63, 3.8) is 0 Å². The molecule has 1 amide bonds. The second kappa shape index (κ2) is 11.1. The van der Waals surface area contributed by atoms with Crippen molar-refractivity contribution in [1.82, 2.24) is 20.0 Å². The van der Waals surface area contributed by atoms with Gasteiger partial charge < -0.3 is 15.1 Å².